The lowest BCUT2D eigenvalue weighted by Gasteiger charge is -2.12. The predicted octanol–water partition coefficient (Wildman–Crippen LogP) is 3.41. The summed E-state index contributed by atoms with van der Waals surface area (Å²) in [7, 11) is 0. The van der Waals surface area contributed by atoms with Gasteiger partial charge in [0.15, 0.2) is 6.61 Å². The van der Waals surface area contributed by atoms with E-state index < -0.39 is 18.4 Å². The van der Waals surface area contributed by atoms with Crippen molar-refractivity contribution in [3.05, 3.63) is 46.2 Å². The Morgan fingerprint density at radius 2 is 1.79 bits per heavy atom. The van der Waals surface area contributed by atoms with Crippen LogP contribution in [-0.4, -0.2) is 30.2 Å². The maximum absolute atomic E-state index is 12.4. The summed E-state index contributed by atoms with van der Waals surface area (Å²) in [6, 6.07) is 8.47. The van der Waals surface area contributed by atoms with Crippen LogP contribution in [0.25, 0.3) is 0 Å². The van der Waals surface area contributed by atoms with Gasteiger partial charge in [-0.1, -0.05) is 6.07 Å². The summed E-state index contributed by atoms with van der Waals surface area (Å²) in [6.45, 7) is 2.26. The first kappa shape index (κ1) is 21.3. The lowest BCUT2D eigenvalue weighted by molar-refractivity contribution is -0.142. The Balaban J connectivity index is 1.93. The van der Waals surface area contributed by atoms with Gasteiger partial charge in [-0.2, -0.15) is 0 Å². The molecule has 0 fully saturated rings. The molecule has 148 valence electrons. The van der Waals surface area contributed by atoms with Crippen LogP contribution in [0.2, 0.25) is 0 Å². The van der Waals surface area contributed by atoms with Crippen molar-refractivity contribution in [1.82, 2.24) is 0 Å². The van der Waals surface area contributed by atoms with Crippen LogP contribution in [0.5, 0.6) is 0 Å². The zero-order valence-electron chi connectivity index (χ0n) is 15.7. The number of nitrogens with one attached hydrogen (secondary N) is 2. The lowest BCUT2D eigenvalue weighted by Crippen LogP contribution is -2.17. The van der Waals surface area contributed by atoms with E-state index >= 15 is 0 Å². The number of ether oxygens (including phenoxy) is 1. The number of ketones is 1. The molecule has 0 bridgehead atoms. The molecular formula is C20H22N2O5S. The molecular weight excluding hydrogens is 380 g/mol. The average molecular weight is 402 g/mol. The van der Waals surface area contributed by atoms with Crippen molar-refractivity contribution in [1.29, 1.82) is 0 Å². The minimum Gasteiger partial charge on any atom is -0.457 e. The maximum Gasteiger partial charge on any atom is 0.306 e. The fourth-order valence-electron chi connectivity index (χ4n) is 2.52. The highest BCUT2D eigenvalue weighted by molar-refractivity contribution is 7.09. The molecule has 2 amide bonds. The summed E-state index contributed by atoms with van der Waals surface area (Å²) in [5, 5.41) is 7.12. The minimum absolute atomic E-state index is 0.204. The lowest BCUT2D eigenvalue weighted by atomic mass is 10.1. The molecule has 28 heavy (non-hydrogen) atoms. The van der Waals surface area contributed by atoms with E-state index in [1.54, 1.807) is 17.4 Å². The SMILES string of the molecule is CC(=O)Nc1ccc(C(=O)COC(=O)CCCc2cccs2)c(NC(C)=O)c1. The van der Waals surface area contributed by atoms with Gasteiger partial charge in [-0.05, 0) is 42.5 Å². The van der Waals surface area contributed by atoms with Gasteiger partial charge in [0.05, 0.1) is 5.69 Å². The van der Waals surface area contributed by atoms with Crippen LogP contribution < -0.4 is 10.6 Å². The van der Waals surface area contributed by atoms with E-state index in [0.717, 1.165) is 6.42 Å². The number of esters is 1. The number of Topliss-reactive ketones (excluding diaryl/α,β-unsaturated/α-hetero) is 1. The minimum atomic E-state index is -0.444. The Morgan fingerprint density at radius 3 is 2.43 bits per heavy atom. The number of amides is 2. The molecule has 0 radical (unpaired) electrons. The highest BCUT2D eigenvalue weighted by Crippen LogP contribution is 2.22. The number of aryl methyl sites for hydroxylation is 1. The Bertz CT molecular complexity index is 861. The molecule has 1 aromatic heterocycles. The number of hydrogen-bond donors (Lipinski definition) is 2. The number of hydrogen-bond acceptors (Lipinski definition) is 6. The maximum atomic E-state index is 12.4. The zero-order valence-corrected chi connectivity index (χ0v) is 16.6. The third-order valence-corrected chi connectivity index (χ3v) is 4.64. The van der Waals surface area contributed by atoms with Crippen molar-refractivity contribution in [2.24, 2.45) is 0 Å². The first-order chi connectivity index (χ1) is 13.3. The quantitative estimate of drug-likeness (QED) is 0.494. The molecule has 2 aromatic rings. The molecule has 2 rings (SSSR count). The molecule has 1 heterocycles. The summed E-state index contributed by atoms with van der Waals surface area (Å²) in [6.07, 6.45) is 1.67. The van der Waals surface area contributed by atoms with Gasteiger partial charge in [-0.15, -0.1) is 11.3 Å². The molecule has 8 heteroatoms. The van der Waals surface area contributed by atoms with E-state index in [-0.39, 0.29) is 29.5 Å². The van der Waals surface area contributed by atoms with Gasteiger partial charge in [0.25, 0.3) is 0 Å². The molecule has 0 spiro atoms. The van der Waals surface area contributed by atoms with Gasteiger partial charge < -0.3 is 15.4 Å². The van der Waals surface area contributed by atoms with Gasteiger partial charge in [-0.25, -0.2) is 0 Å². The van der Waals surface area contributed by atoms with E-state index in [2.05, 4.69) is 10.6 Å². The van der Waals surface area contributed by atoms with Gasteiger partial charge >= 0.3 is 5.97 Å². The van der Waals surface area contributed by atoms with Gasteiger partial charge in [0, 0.05) is 36.4 Å². The van der Waals surface area contributed by atoms with E-state index in [0.29, 0.717) is 12.1 Å². The van der Waals surface area contributed by atoms with Crippen molar-refractivity contribution in [2.45, 2.75) is 33.1 Å². The first-order valence-corrected chi connectivity index (χ1v) is 9.63. The Kier molecular flexibility index (Phi) is 7.88. The monoisotopic (exact) mass is 402 g/mol. The smallest absolute Gasteiger partial charge is 0.306 e. The first-order valence-electron chi connectivity index (χ1n) is 8.75. The molecule has 0 saturated heterocycles. The van der Waals surface area contributed by atoms with Crippen molar-refractivity contribution in [3.8, 4) is 0 Å². The van der Waals surface area contributed by atoms with Crippen molar-refractivity contribution < 1.29 is 23.9 Å². The van der Waals surface area contributed by atoms with Crippen molar-refractivity contribution in [2.75, 3.05) is 17.2 Å². The van der Waals surface area contributed by atoms with Crippen LogP contribution in [0.4, 0.5) is 11.4 Å². The number of carbonyl (C=O) groups is 4. The summed E-state index contributed by atoms with van der Waals surface area (Å²) in [4.78, 5) is 48.1. The van der Waals surface area contributed by atoms with Crippen molar-refractivity contribution in [3.63, 3.8) is 0 Å². The van der Waals surface area contributed by atoms with Crippen LogP contribution in [-0.2, 0) is 25.5 Å². The van der Waals surface area contributed by atoms with Crippen LogP contribution in [0.1, 0.15) is 41.9 Å². The molecule has 0 unspecified atom stereocenters. The molecule has 0 aliphatic carbocycles. The molecule has 0 aliphatic heterocycles. The highest BCUT2D eigenvalue weighted by Gasteiger charge is 2.16. The number of anilines is 2. The number of rotatable bonds is 9. The average Bonchev–Trinajstić information content (AvgIpc) is 3.12. The fraction of sp³-hybridized carbons (Fsp3) is 0.300. The number of carbonyl (C=O) groups excluding carboxylic acids is 4. The van der Waals surface area contributed by atoms with E-state index in [9.17, 15) is 19.2 Å². The second kappa shape index (κ2) is 10.4. The van der Waals surface area contributed by atoms with Crippen LogP contribution in [0.15, 0.2) is 35.7 Å². The molecule has 2 N–H and O–H groups in total. The highest BCUT2D eigenvalue weighted by atomic mass is 32.1. The summed E-state index contributed by atoms with van der Waals surface area (Å²) in [5.41, 5.74) is 0.895. The normalized spacial score (nSPS) is 10.2. The number of benzene rings is 1. The topological polar surface area (TPSA) is 102 Å². The molecule has 0 aliphatic rings. The Hall–Kier alpha value is -3.00. The van der Waals surface area contributed by atoms with Crippen LogP contribution in [0.3, 0.4) is 0 Å². The third-order valence-electron chi connectivity index (χ3n) is 3.70. The Morgan fingerprint density at radius 1 is 1.04 bits per heavy atom. The fourth-order valence-corrected chi connectivity index (χ4v) is 3.27. The van der Waals surface area contributed by atoms with Gasteiger partial charge in [-0.3, -0.25) is 19.2 Å². The molecule has 0 atom stereocenters. The zero-order chi connectivity index (χ0) is 20.5. The predicted molar refractivity (Wildman–Crippen MR) is 108 cm³/mol. The summed E-state index contributed by atoms with van der Waals surface area (Å²) < 4.78 is 5.06. The second-order valence-electron chi connectivity index (χ2n) is 6.14. The second-order valence-corrected chi connectivity index (χ2v) is 7.17. The van der Waals surface area contributed by atoms with E-state index in [4.69, 9.17) is 4.74 Å². The van der Waals surface area contributed by atoms with Gasteiger partial charge in [0.1, 0.15) is 0 Å². The van der Waals surface area contributed by atoms with Crippen molar-refractivity contribution >= 4 is 46.3 Å². The summed E-state index contributed by atoms with van der Waals surface area (Å²) in [5.74, 6) is -1.52. The Labute approximate surface area is 167 Å². The summed E-state index contributed by atoms with van der Waals surface area (Å²) >= 11 is 1.63. The largest absolute Gasteiger partial charge is 0.457 e. The molecule has 0 saturated carbocycles. The van der Waals surface area contributed by atoms with Crippen LogP contribution >= 0.6 is 11.3 Å². The van der Waals surface area contributed by atoms with Crippen LogP contribution in [0, 0.1) is 0 Å². The van der Waals surface area contributed by atoms with E-state index in [1.165, 1.54) is 30.9 Å². The standard InChI is InChI=1S/C20H22N2O5S/c1-13(23)21-15-8-9-17(18(11-15)22-14(2)24)19(25)12-27-20(26)7-3-5-16-6-4-10-28-16/h4,6,8-11H,3,5,7,12H2,1-2H3,(H,21,23)(H,22,24). The van der Waals surface area contributed by atoms with Gasteiger partial charge in [0.2, 0.25) is 17.6 Å². The van der Waals surface area contributed by atoms with E-state index in [1.807, 2.05) is 17.5 Å². The molecule has 7 nitrogen and oxygen atoms in total. The third kappa shape index (κ3) is 6.96. The number of thiophene rings is 1. The molecule has 1 aromatic carbocycles.